The average Bonchev–Trinajstić information content (AvgIpc) is 2.88. The summed E-state index contributed by atoms with van der Waals surface area (Å²) in [6.45, 7) is 5.89. The van der Waals surface area contributed by atoms with Gasteiger partial charge in [0.2, 0.25) is 0 Å². The van der Waals surface area contributed by atoms with E-state index in [1.807, 2.05) is 19.4 Å². The van der Waals surface area contributed by atoms with E-state index in [-0.39, 0.29) is 0 Å². The van der Waals surface area contributed by atoms with Crippen LogP contribution in [0.3, 0.4) is 0 Å². The highest BCUT2D eigenvalue weighted by atomic mass is 15.2. The standard InChI is InChI=1S/C14H22N6/c1-4-6-15-13-12(5-2)14(18-10-17-13)16-7-11-8-19-20(3)9-11/h8-10H,4-7H2,1-3H3,(H2,15,16,17,18). The van der Waals surface area contributed by atoms with Crippen molar-refractivity contribution < 1.29 is 0 Å². The van der Waals surface area contributed by atoms with Crippen LogP contribution in [0, 0.1) is 0 Å². The van der Waals surface area contributed by atoms with Gasteiger partial charge < -0.3 is 10.6 Å². The number of hydrogen-bond acceptors (Lipinski definition) is 5. The smallest absolute Gasteiger partial charge is 0.134 e. The summed E-state index contributed by atoms with van der Waals surface area (Å²) < 4.78 is 1.80. The van der Waals surface area contributed by atoms with E-state index >= 15 is 0 Å². The van der Waals surface area contributed by atoms with Gasteiger partial charge in [-0.1, -0.05) is 13.8 Å². The van der Waals surface area contributed by atoms with Gasteiger partial charge in [0.05, 0.1) is 6.20 Å². The maximum Gasteiger partial charge on any atom is 0.134 e. The van der Waals surface area contributed by atoms with E-state index in [1.165, 1.54) is 0 Å². The Morgan fingerprint density at radius 2 is 1.90 bits per heavy atom. The summed E-state index contributed by atoms with van der Waals surface area (Å²) in [6, 6.07) is 0. The molecule has 0 radical (unpaired) electrons. The largest absolute Gasteiger partial charge is 0.370 e. The van der Waals surface area contributed by atoms with Gasteiger partial charge in [-0.15, -0.1) is 0 Å². The van der Waals surface area contributed by atoms with Gasteiger partial charge in [-0.2, -0.15) is 5.10 Å². The molecule has 108 valence electrons. The van der Waals surface area contributed by atoms with Gasteiger partial charge in [0.1, 0.15) is 18.0 Å². The summed E-state index contributed by atoms with van der Waals surface area (Å²) >= 11 is 0. The highest BCUT2D eigenvalue weighted by molar-refractivity contribution is 5.57. The van der Waals surface area contributed by atoms with Crippen LogP contribution in [0.2, 0.25) is 0 Å². The minimum Gasteiger partial charge on any atom is -0.370 e. The van der Waals surface area contributed by atoms with Gasteiger partial charge in [-0.3, -0.25) is 4.68 Å². The minimum absolute atomic E-state index is 0.713. The van der Waals surface area contributed by atoms with Crippen LogP contribution in [0.1, 0.15) is 31.4 Å². The lowest BCUT2D eigenvalue weighted by Gasteiger charge is -2.13. The number of aromatic nitrogens is 4. The van der Waals surface area contributed by atoms with Crippen LogP contribution in [0.5, 0.6) is 0 Å². The van der Waals surface area contributed by atoms with Crippen LogP contribution in [0.25, 0.3) is 0 Å². The summed E-state index contributed by atoms with van der Waals surface area (Å²) in [7, 11) is 1.92. The van der Waals surface area contributed by atoms with Crippen LogP contribution < -0.4 is 10.6 Å². The van der Waals surface area contributed by atoms with Crippen LogP contribution in [0.15, 0.2) is 18.7 Å². The van der Waals surface area contributed by atoms with E-state index < -0.39 is 0 Å². The van der Waals surface area contributed by atoms with Gasteiger partial charge in [0.25, 0.3) is 0 Å². The van der Waals surface area contributed by atoms with Crippen molar-refractivity contribution in [1.29, 1.82) is 0 Å². The zero-order valence-electron chi connectivity index (χ0n) is 12.3. The first-order valence-corrected chi connectivity index (χ1v) is 7.03. The summed E-state index contributed by atoms with van der Waals surface area (Å²) in [5.74, 6) is 1.82. The molecule has 0 aromatic carbocycles. The van der Waals surface area contributed by atoms with Crippen molar-refractivity contribution in [2.75, 3.05) is 17.2 Å². The Hall–Kier alpha value is -2.11. The Labute approximate surface area is 119 Å². The zero-order chi connectivity index (χ0) is 14.4. The lowest BCUT2D eigenvalue weighted by Crippen LogP contribution is -2.10. The molecule has 2 N–H and O–H groups in total. The Morgan fingerprint density at radius 1 is 1.15 bits per heavy atom. The Balaban J connectivity index is 2.10. The number of anilines is 2. The van der Waals surface area contributed by atoms with Crippen molar-refractivity contribution in [3.63, 3.8) is 0 Å². The Bertz CT molecular complexity index is 548. The first-order chi connectivity index (χ1) is 9.74. The lowest BCUT2D eigenvalue weighted by molar-refractivity contribution is 0.767. The molecule has 2 aromatic heterocycles. The van der Waals surface area contributed by atoms with E-state index in [1.54, 1.807) is 11.0 Å². The van der Waals surface area contributed by atoms with Crippen LogP contribution >= 0.6 is 0 Å². The fraction of sp³-hybridized carbons (Fsp3) is 0.500. The average molecular weight is 274 g/mol. The third kappa shape index (κ3) is 3.46. The molecule has 0 saturated carbocycles. The molecule has 0 atom stereocenters. The molecule has 2 heterocycles. The second-order valence-corrected chi connectivity index (χ2v) is 4.71. The van der Waals surface area contributed by atoms with Crippen LogP contribution in [-0.2, 0) is 20.0 Å². The van der Waals surface area contributed by atoms with Crippen LogP contribution in [0.4, 0.5) is 11.6 Å². The highest BCUT2D eigenvalue weighted by Gasteiger charge is 2.09. The lowest BCUT2D eigenvalue weighted by atomic mass is 10.2. The van der Waals surface area contributed by atoms with E-state index in [0.717, 1.165) is 42.1 Å². The predicted octanol–water partition coefficient (Wildman–Crippen LogP) is 2.21. The molecule has 6 nitrogen and oxygen atoms in total. The van der Waals surface area contributed by atoms with Crippen molar-refractivity contribution in [3.05, 3.63) is 29.8 Å². The molecule has 0 saturated heterocycles. The summed E-state index contributed by atoms with van der Waals surface area (Å²) in [5, 5.41) is 10.9. The monoisotopic (exact) mass is 274 g/mol. The van der Waals surface area contributed by atoms with Crippen molar-refractivity contribution in [2.45, 2.75) is 33.2 Å². The number of nitrogens with one attached hydrogen (secondary N) is 2. The van der Waals surface area contributed by atoms with Gasteiger partial charge in [-0.05, 0) is 12.8 Å². The molecule has 2 rings (SSSR count). The molecule has 0 bridgehead atoms. The van der Waals surface area contributed by atoms with E-state index in [2.05, 4.69) is 39.5 Å². The van der Waals surface area contributed by atoms with Crippen molar-refractivity contribution in [2.24, 2.45) is 7.05 Å². The number of rotatable bonds is 7. The fourth-order valence-corrected chi connectivity index (χ4v) is 2.04. The summed E-state index contributed by atoms with van der Waals surface area (Å²) in [5.41, 5.74) is 2.26. The second kappa shape index (κ2) is 6.88. The number of hydrogen-bond donors (Lipinski definition) is 2. The molecule has 6 heteroatoms. The molecule has 0 aliphatic heterocycles. The minimum atomic E-state index is 0.713. The SMILES string of the molecule is CCCNc1ncnc(NCc2cnn(C)c2)c1CC. The molecule has 20 heavy (non-hydrogen) atoms. The molecule has 0 unspecified atom stereocenters. The van der Waals surface area contributed by atoms with Gasteiger partial charge in [-0.25, -0.2) is 9.97 Å². The number of nitrogens with zero attached hydrogens (tertiary/aromatic N) is 4. The molecule has 0 fully saturated rings. The summed E-state index contributed by atoms with van der Waals surface area (Å²) in [4.78, 5) is 8.68. The highest BCUT2D eigenvalue weighted by Crippen LogP contribution is 2.20. The fourth-order valence-electron chi connectivity index (χ4n) is 2.04. The molecular formula is C14H22N6. The Kier molecular flexibility index (Phi) is 4.92. The third-order valence-corrected chi connectivity index (χ3v) is 3.06. The molecule has 0 spiro atoms. The van der Waals surface area contributed by atoms with Gasteiger partial charge >= 0.3 is 0 Å². The third-order valence-electron chi connectivity index (χ3n) is 3.06. The normalized spacial score (nSPS) is 10.6. The second-order valence-electron chi connectivity index (χ2n) is 4.71. The molecule has 0 aliphatic carbocycles. The van der Waals surface area contributed by atoms with Gasteiger partial charge in [0.15, 0.2) is 0 Å². The predicted molar refractivity (Wildman–Crippen MR) is 80.7 cm³/mol. The molecule has 0 amide bonds. The maximum atomic E-state index is 4.35. The Morgan fingerprint density at radius 3 is 2.50 bits per heavy atom. The van der Waals surface area contributed by atoms with E-state index in [0.29, 0.717) is 6.54 Å². The topological polar surface area (TPSA) is 67.7 Å². The molecular weight excluding hydrogens is 252 g/mol. The van der Waals surface area contributed by atoms with Crippen molar-refractivity contribution in [1.82, 2.24) is 19.7 Å². The zero-order valence-corrected chi connectivity index (χ0v) is 12.3. The number of aryl methyl sites for hydroxylation is 1. The van der Waals surface area contributed by atoms with E-state index in [9.17, 15) is 0 Å². The van der Waals surface area contributed by atoms with Crippen molar-refractivity contribution >= 4 is 11.6 Å². The van der Waals surface area contributed by atoms with Gasteiger partial charge in [0, 0.05) is 37.5 Å². The quantitative estimate of drug-likeness (QED) is 0.810. The van der Waals surface area contributed by atoms with Crippen molar-refractivity contribution in [3.8, 4) is 0 Å². The summed E-state index contributed by atoms with van der Waals surface area (Å²) in [6.07, 6.45) is 7.42. The van der Waals surface area contributed by atoms with E-state index in [4.69, 9.17) is 0 Å². The van der Waals surface area contributed by atoms with Crippen LogP contribution in [-0.4, -0.2) is 26.3 Å². The molecule has 0 aliphatic rings. The first-order valence-electron chi connectivity index (χ1n) is 7.03. The first kappa shape index (κ1) is 14.3. The molecule has 2 aromatic rings. The maximum absolute atomic E-state index is 4.35.